The molecule has 152 valence electrons. The van der Waals surface area contributed by atoms with Crippen molar-refractivity contribution in [1.29, 1.82) is 0 Å². The predicted octanol–water partition coefficient (Wildman–Crippen LogP) is 1.13. The number of β-amino-alcohol motifs (C(OH)–C–C–N with tert-alkyl or cyclic N) is 1. The second-order valence-corrected chi connectivity index (χ2v) is 6.82. The van der Waals surface area contributed by atoms with Gasteiger partial charge in [-0.1, -0.05) is 12.1 Å². The first-order chi connectivity index (χ1) is 12.5. The Hall–Kier alpha value is -1.39. The third kappa shape index (κ3) is 8.02. The van der Waals surface area contributed by atoms with Crippen molar-refractivity contribution < 1.29 is 9.90 Å². The summed E-state index contributed by atoms with van der Waals surface area (Å²) >= 11 is 0. The quantitative estimate of drug-likeness (QED) is 0.304. The maximum Gasteiger partial charge on any atom is 0.251 e. The van der Waals surface area contributed by atoms with Crippen LogP contribution in [0, 0.1) is 0 Å². The molecular formula is C19H32IN5O2. The van der Waals surface area contributed by atoms with Crippen molar-refractivity contribution in [2.75, 3.05) is 46.8 Å². The van der Waals surface area contributed by atoms with Gasteiger partial charge in [-0.3, -0.25) is 4.79 Å². The van der Waals surface area contributed by atoms with Crippen molar-refractivity contribution in [3.05, 3.63) is 35.4 Å². The van der Waals surface area contributed by atoms with Crippen molar-refractivity contribution in [3.63, 3.8) is 0 Å². The molecule has 0 radical (unpaired) electrons. The van der Waals surface area contributed by atoms with Crippen LogP contribution in [0.5, 0.6) is 0 Å². The van der Waals surface area contributed by atoms with Gasteiger partial charge in [0.25, 0.3) is 5.91 Å². The summed E-state index contributed by atoms with van der Waals surface area (Å²) in [6, 6.07) is 7.57. The highest BCUT2D eigenvalue weighted by Crippen LogP contribution is 2.11. The van der Waals surface area contributed by atoms with Gasteiger partial charge in [-0.2, -0.15) is 0 Å². The molecule has 0 saturated carbocycles. The Morgan fingerprint density at radius 3 is 2.78 bits per heavy atom. The highest BCUT2D eigenvalue weighted by Gasteiger charge is 2.22. The van der Waals surface area contributed by atoms with Crippen LogP contribution in [0.15, 0.2) is 29.3 Å². The third-order valence-electron chi connectivity index (χ3n) is 4.24. The maximum atomic E-state index is 12.3. The van der Waals surface area contributed by atoms with Gasteiger partial charge >= 0.3 is 0 Å². The summed E-state index contributed by atoms with van der Waals surface area (Å²) in [6.45, 7) is 6.15. The van der Waals surface area contributed by atoms with E-state index < -0.39 is 0 Å². The van der Waals surface area contributed by atoms with Gasteiger partial charge in [0.2, 0.25) is 0 Å². The van der Waals surface area contributed by atoms with Crippen LogP contribution in [0.2, 0.25) is 0 Å². The molecule has 7 nitrogen and oxygen atoms in total. The number of amides is 1. The lowest BCUT2D eigenvalue weighted by atomic mass is 10.1. The molecule has 3 N–H and O–H groups in total. The second kappa shape index (κ2) is 12.1. The number of hydrogen-bond acceptors (Lipinski definition) is 4. The smallest absolute Gasteiger partial charge is 0.251 e. The molecule has 1 aliphatic rings. The highest BCUT2D eigenvalue weighted by molar-refractivity contribution is 14.0. The summed E-state index contributed by atoms with van der Waals surface area (Å²) in [4.78, 5) is 21.0. The van der Waals surface area contributed by atoms with Crippen LogP contribution in [0.1, 0.15) is 29.3 Å². The number of carbonyl (C=O) groups is 1. The minimum absolute atomic E-state index is 0. The number of aliphatic hydroxyl groups is 1. The largest absolute Gasteiger partial charge is 0.391 e. The topological polar surface area (TPSA) is 80.2 Å². The van der Waals surface area contributed by atoms with Crippen LogP contribution in [0.4, 0.5) is 0 Å². The Bertz CT molecular complexity index is 624. The van der Waals surface area contributed by atoms with Crippen LogP contribution in [-0.2, 0) is 6.54 Å². The van der Waals surface area contributed by atoms with Crippen LogP contribution < -0.4 is 10.6 Å². The van der Waals surface area contributed by atoms with E-state index in [9.17, 15) is 9.90 Å². The minimum Gasteiger partial charge on any atom is -0.391 e. The molecule has 0 spiro atoms. The molecule has 0 bridgehead atoms. The highest BCUT2D eigenvalue weighted by atomic mass is 127. The molecule has 0 unspecified atom stereocenters. The minimum atomic E-state index is -0.284. The van der Waals surface area contributed by atoms with E-state index in [0.29, 0.717) is 25.2 Å². The fourth-order valence-corrected chi connectivity index (χ4v) is 2.83. The molecule has 27 heavy (non-hydrogen) atoms. The van der Waals surface area contributed by atoms with E-state index in [-0.39, 0.29) is 36.0 Å². The standard InChI is InChI=1S/C19H31N5O2.HI/c1-4-20-19(24-10-8-17(25)14-24)22-13-15-6-5-7-16(12-15)18(26)21-9-11-23(2)3;/h5-7,12,17,25H,4,8-11,13-14H2,1-3H3,(H,20,22)(H,21,26);1H/t17-;/m1./s1. The first kappa shape index (κ1) is 23.6. The van der Waals surface area contributed by atoms with E-state index in [1.807, 2.05) is 50.2 Å². The molecule has 1 aliphatic heterocycles. The lowest BCUT2D eigenvalue weighted by Gasteiger charge is -2.21. The maximum absolute atomic E-state index is 12.3. The summed E-state index contributed by atoms with van der Waals surface area (Å²) < 4.78 is 0. The third-order valence-corrected chi connectivity index (χ3v) is 4.24. The molecule has 1 aromatic carbocycles. The van der Waals surface area contributed by atoms with E-state index in [0.717, 1.165) is 37.6 Å². The fourth-order valence-electron chi connectivity index (χ4n) is 2.83. The zero-order valence-electron chi connectivity index (χ0n) is 16.4. The van der Waals surface area contributed by atoms with Gasteiger partial charge in [-0.25, -0.2) is 4.99 Å². The van der Waals surface area contributed by atoms with Crippen molar-refractivity contribution in [3.8, 4) is 0 Å². The number of nitrogens with zero attached hydrogens (tertiary/aromatic N) is 3. The van der Waals surface area contributed by atoms with Gasteiger partial charge in [-0.05, 0) is 45.1 Å². The fraction of sp³-hybridized carbons (Fsp3) is 0.579. The summed E-state index contributed by atoms with van der Waals surface area (Å²) in [7, 11) is 3.96. The number of benzene rings is 1. The molecule has 0 aliphatic carbocycles. The van der Waals surface area contributed by atoms with Crippen molar-refractivity contribution in [2.45, 2.75) is 26.0 Å². The average Bonchev–Trinajstić information content (AvgIpc) is 3.04. The number of carbonyl (C=O) groups excluding carboxylic acids is 1. The lowest BCUT2D eigenvalue weighted by Crippen LogP contribution is -2.40. The Morgan fingerprint density at radius 1 is 1.37 bits per heavy atom. The monoisotopic (exact) mass is 489 g/mol. The molecule has 8 heteroatoms. The molecule has 1 aromatic rings. The van der Waals surface area contributed by atoms with Gasteiger partial charge in [0.1, 0.15) is 0 Å². The van der Waals surface area contributed by atoms with Gasteiger partial charge in [0.05, 0.1) is 12.6 Å². The van der Waals surface area contributed by atoms with Crippen LogP contribution in [0.3, 0.4) is 0 Å². The van der Waals surface area contributed by atoms with E-state index in [2.05, 4.69) is 20.5 Å². The average molecular weight is 489 g/mol. The summed E-state index contributed by atoms with van der Waals surface area (Å²) in [5.74, 6) is 0.747. The number of nitrogens with one attached hydrogen (secondary N) is 2. The summed E-state index contributed by atoms with van der Waals surface area (Å²) in [5, 5.41) is 15.9. The molecule has 1 amide bonds. The Morgan fingerprint density at radius 2 is 2.15 bits per heavy atom. The van der Waals surface area contributed by atoms with Crippen molar-refractivity contribution in [2.24, 2.45) is 4.99 Å². The zero-order valence-corrected chi connectivity index (χ0v) is 18.8. The first-order valence-corrected chi connectivity index (χ1v) is 9.22. The first-order valence-electron chi connectivity index (χ1n) is 9.22. The van der Waals surface area contributed by atoms with Crippen LogP contribution in [-0.4, -0.2) is 79.7 Å². The predicted molar refractivity (Wildman–Crippen MR) is 120 cm³/mol. The number of guanidine groups is 1. The molecular weight excluding hydrogens is 457 g/mol. The number of rotatable bonds is 7. The molecule has 1 saturated heterocycles. The van der Waals surface area contributed by atoms with E-state index >= 15 is 0 Å². The number of aliphatic imine (C=N–C) groups is 1. The van der Waals surface area contributed by atoms with Crippen LogP contribution in [0.25, 0.3) is 0 Å². The van der Waals surface area contributed by atoms with Gasteiger partial charge < -0.3 is 25.5 Å². The SMILES string of the molecule is CCNC(=NCc1cccc(C(=O)NCCN(C)C)c1)N1CC[C@@H](O)C1.I. The summed E-state index contributed by atoms with van der Waals surface area (Å²) in [5.41, 5.74) is 1.64. The normalized spacial score (nSPS) is 17.0. The van der Waals surface area contributed by atoms with Crippen molar-refractivity contribution in [1.82, 2.24) is 20.4 Å². The summed E-state index contributed by atoms with van der Waals surface area (Å²) in [6.07, 6.45) is 0.487. The van der Waals surface area contributed by atoms with Gasteiger partial charge in [0.15, 0.2) is 5.96 Å². The number of likely N-dealkylation sites (tertiary alicyclic amines) is 1. The molecule has 0 aromatic heterocycles. The number of halogens is 1. The van der Waals surface area contributed by atoms with E-state index in [1.54, 1.807) is 0 Å². The Labute approximate surface area is 179 Å². The van der Waals surface area contributed by atoms with Gasteiger partial charge in [0, 0.05) is 38.3 Å². The zero-order chi connectivity index (χ0) is 18.9. The van der Waals surface area contributed by atoms with E-state index in [1.165, 1.54) is 0 Å². The van der Waals surface area contributed by atoms with Crippen LogP contribution >= 0.6 is 24.0 Å². The number of likely N-dealkylation sites (N-methyl/N-ethyl adjacent to an activating group) is 1. The second-order valence-electron chi connectivity index (χ2n) is 6.82. The molecule has 2 rings (SSSR count). The molecule has 1 fully saturated rings. The number of aliphatic hydroxyl groups excluding tert-OH is 1. The van der Waals surface area contributed by atoms with Crippen molar-refractivity contribution >= 4 is 35.8 Å². The Balaban J connectivity index is 0.00000364. The van der Waals surface area contributed by atoms with E-state index in [4.69, 9.17) is 0 Å². The molecule has 1 heterocycles. The van der Waals surface area contributed by atoms with Gasteiger partial charge in [-0.15, -0.1) is 24.0 Å². The lowest BCUT2D eigenvalue weighted by molar-refractivity contribution is 0.0951. The Kier molecular flexibility index (Phi) is 10.6. The number of hydrogen-bond donors (Lipinski definition) is 3. The molecule has 1 atom stereocenters.